The zero-order valence-electron chi connectivity index (χ0n) is 12.0. The van der Waals surface area contributed by atoms with Crippen LogP contribution in [0.25, 0.3) is 0 Å². The van der Waals surface area contributed by atoms with Crippen LogP contribution in [0.4, 0.5) is 0 Å². The molecule has 1 aromatic carbocycles. The monoisotopic (exact) mass is 377 g/mol. The highest BCUT2D eigenvalue weighted by Gasteiger charge is 2.30. The van der Waals surface area contributed by atoms with Gasteiger partial charge in [0.15, 0.2) is 0 Å². The Labute approximate surface area is 134 Å². The largest absolute Gasteiger partial charge is 0.496 e. The van der Waals surface area contributed by atoms with Crippen LogP contribution in [-0.4, -0.2) is 44.6 Å². The summed E-state index contributed by atoms with van der Waals surface area (Å²) < 4.78 is 32.6. The number of nitrogens with zero attached hydrogens (tertiary/aromatic N) is 1. The van der Waals surface area contributed by atoms with Crippen LogP contribution in [0.1, 0.15) is 19.3 Å². The summed E-state index contributed by atoms with van der Waals surface area (Å²) in [6, 6.07) is 4.78. The lowest BCUT2D eigenvalue weighted by molar-refractivity contribution is 0.203. The van der Waals surface area contributed by atoms with Gasteiger partial charge in [-0.15, -0.1) is 0 Å². The summed E-state index contributed by atoms with van der Waals surface area (Å²) in [5.41, 5.74) is 0. The molecule has 1 fully saturated rings. The standard InChI is InChI=1S/C14H20BrNO4S/c1-20-14-5-4-12(9-13(14)15)21(18,19)16-7-2-3-11(10-16)6-8-17/h4-5,9,11,17H,2-3,6-8,10H2,1H3. The molecule has 1 unspecified atom stereocenters. The van der Waals surface area contributed by atoms with E-state index in [1.165, 1.54) is 4.31 Å². The molecular formula is C14H20BrNO4S. The maximum absolute atomic E-state index is 12.7. The summed E-state index contributed by atoms with van der Waals surface area (Å²) in [5, 5.41) is 9.03. The van der Waals surface area contributed by atoms with Gasteiger partial charge < -0.3 is 9.84 Å². The second-order valence-electron chi connectivity index (χ2n) is 5.18. The Morgan fingerprint density at radius 3 is 2.86 bits per heavy atom. The van der Waals surface area contributed by atoms with Crippen molar-refractivity contribution in [3.63, 3.8) is 0 Å². The third-order valence-corrected chi connectivity index (χ3v) is 6.26. The van der Waals surface area contributed by atoms with Gasteiger partial charge in [-0.3, -0.25) is 0 Å². The maximum Gasteiger partial charge on any atom is 0.243 e. The number of hydrogen-bond donors (Lipinski definition) is 1. The Kier molecular flexibility index (Phi) is 5.65. The molecule has 0 saturated carbocycles. The van der Waals surface area contributed by atoms with E-state index >= 15 is 0 Å². The molecule has 1 aliphatic heterocycles. The minimum Gasteiger partial charge on any atom is -0.496 e. The van der Waals surface area contributed by atoms with Gasteiger partial charge in [-0.05, 0) is 59.3 Å². The molecule has 0 radical (unpaired) electrons. The van der Waals surface area contributed by atoms with Gasteiger partial charge in [0, 0.05) is 19.7 Å². The van der Waals surface area contributed by atoms with E-state index < -0.39 is 10.0 Å². The fourth-order valence-corrected chi connectivity index (χ4v) is 4.89. The third-order valence-electron chi connectivity index (χ3n) is 3.78. The number of halogens is 1. The number of sulfonamides is 1. The average Bonchev–Trinajstić information content (AvgIpc) is 2.48. The predicted octanol–water partition coefficient (Wildman–Crippen LogP) is 2.24. The number of ether oxygens (including phenoxy) is 1. The first-order valence-electron chi connectivity index (χ1n) is 6.93. The van der Waals surface area contributed by atoms with Gasteiger partial charge in [0.2, 0.25) is 10.0 Å². The van der Waals surface area contributed by atoms with E-state index in [0.717, 1.165) is 12.8 Å². The molecule has 0 aliphatic carbocycles. The van der Waals surface area contributed by atoms with Crippen molar-refractivity contribution in [1.82, 2.24) is 4.31 Å². The summed E-state index contributed by atoms with van der Waals surface area (Å²) in [7, 11) is -1.95. The van der Waals surface area contributed by atoms with E-state index in [9.17, 15) is 8.42 Å². The molecule has 0 aromatic heterocycles. The van der Waals surface area contributed by atoms with Crippen molar-refractivity contribution in [1.29, 1.82) is 0 Å². The van der Waals surface area contributed by atoms with Crippen molar-refractivity contribution in [3.8, 4) is 5.75 Å². The van der Waals surface area contributed by atoms with Crippen molar-refractivity contribution in [2.45, 2.75) is 24.2 Å². The van der Waals surface area contributed by atoms with E-state index in [-0.39, 0.29) is 17.4 Å². The highest BCUT2D eigenvalue weighted by atomic mass is 79.9. The smallest absolute Gasteiger partial charge is 0.243 e. The van der Waals surface area contributed by atoms with Crippen LogP contribution >= 0.6 is 15.9 Å². The van der Waals surface area contributed by atoms with Gasteiger partial charge in [0.25, 0.3) is 0 Å². The summed E-state index contributed by atoms with van der Waals surface area (Å²) >= 11 is 3.32. The van der Waals surface area contributed by atoms with E-state index in [2.05, 4.69) is 15.9 Å². The van der Waals surface area contributed by atoms with E-state index in [1.54, 1.807) is 25.3 Å². The van der Waals surface area contributed by atoms with Crippen molar-refractivity contribution in [2.24, 2.45) is 5.92 Å². The Morgan fingerprint density at radius 1 is 1.48 bits per heavy atom. The van der Waals surface area contributed by atoms with Gasteiger partial charge in [-0.25, -0.2) is 8.42 Å². The number of piperidine rings is 1. The maximum atomic E-state index is 12.7. The normalized spacial score (nSPS) is 20.4. The van der Waals surface area contributed by atoms with Crippen LogP contribution in [0, 0.1) is 5.92 Å². The van der Waals surface area contributed by atoms with Crippen molar-refractivity contribution < 1.29 is 18.3 Å². The molecule has 0 amide bonds. The molecule has 1 aromatic rings. The second kappa shape index (κ2) is 7.09. The SMILES string of the molecule is COc1ccc(S(=O)(=O)N2CCCC(CCO)C2)cc1Br. The topological polar surface area (TPSA) is 66.8 Å². The molecule has 1 saturated heterocycles. The number of hydrogen-bond acceptors (Lipinski definition) is 4. The Hall–Kier alpha value is -0.630. The highest BCUT2D eigenvalue weighted by Crippen LogP contribution is 2.30. The Bertz CT molecular complexity index is 589. The fraction of sp³-hybridized carbons (Fsp3) is 0.571. The molecule has 0 spiro atoms. The van der Waals surface area contributed by atoms with Crippen molar-refractivity contribution in [2.75, 3.05) is 26.8 Å². The summed E-state index contributed by atoms with van der Waals surface area (Å²) in [6.45, 7) is 1.12. The van der Waals surface area contributed by atoms with Gasteiger partial charge in [-0.1, -0.05) is 0 Å². The summed E-state index contributed by atoms with van der Waals surface area (Å²) in [6.07, 6.45) is 2.46. The summed E-state index contributed by atoms with van der Waals surface area (Å²) in [4.78, 5) is 0.264. The first-order chi connectivity index (χ1) is 9.98. The lowest BCUT2D eigenvalue weighted by Crippen LogP contribution is -2.40. The zero-order valence-corrected chi connectivity index (χ0v) is 14.4. The van der Waals surface area contributed by atoms with E-state index in [4.69, 9.17) is 9.84 Å². The first kappa shape index (κ1) is 16.7. The minimum atomic E-state index is -3.49. The molecule has 1 atom stereocenters. The van der Waals surface area contributed by atoms with E-state index in [0.29, 0.717) is 29.7 Å². The fourth-order valence-electron chi connectivity index (χ4n) is 2.62. The summed E-state index contributed by atoms with van der Waals surface area (Å²) in [5.74, 6) is 0.839. The van der Waals surface area contributed by atoms with Crippen LogP contribution in [0.2, 0.25) is 0 Å². The van der Waals surface area contributed by atoms with Crippen LogP contribution < -0.4 is 4.74 Å². The van der Waals surface area contributed by atoms with Gasteiger partial charge in [0.1, 0.15) is 5.75 Å². The predicted molar refractivity (Wildman–Crippen MR) is 83.9 cm³/mol. The molecule has 7 heteroatoms. The lowest BCUT2D eigenvalue weighted by Gasteiger charge is -2.31. The van der Waals surface area contributed by atoms with Gasteiger partial charge >= 0.3 is 0 Å². The zero-order chi connectivity index (χ0) is 15.5. The number of methoxy groups -OCH3 is 1. The molecule has 1 N–H and O–H groups in total. The van der Waals surface area contributed by atoms with Crippen LogP contribution in [-0.2, 0) is 10.0 Å². The quantitative estimate of drug-likeness (QED) is 0.854. The minimum absolute atomic E-state index is 0.104. The van der Waals surface area contributed by atoms with Crippen LogP contribution in [0.3, 0.4) is 0 Å². The van der Waals surface area contributed by atoms with Crippen molar-refractivity contribution >= 4 is 26.0 Å². The van der Waals surface area contributed by atoms with Crippen molar-refractivity contribution in [3.05, 3.63) is 22.7 Å². The van der Waals surface area contributed by atoms with Gasteiger partial charge in [0.05, 0.1) is 16.5 Å². The molecule has 1 heterocycles. The van der Waals surface area contributed by atoms with Gasteiger partial charge in [-0.2, -0.15) is 4.31 Å². The molecule has 0 bridgehead atoms. The first-order valence-corrected chi connectivity index (χ1v) is 9.17. The molecule has 5 nitrogen and oxygen atoms in total. The Morgan fingerprint density at radius 2 is 2.24 bits per heavy atom. The number of aliphatic hydroxyl groups is 1. The molecular weight excluding hydrogens is 358 g/mol. The second-order valence-corrected chi connectivity index (χ2v) is 7.97. The number of rotatable bonds is 5. The number of benzene rings is 1. The Balaban J connectivity index is 2.23. The molecule has 21 heavy (non-hydrogen) atoms. The molecule has 1 aliphatic rings. The lowest BCUT2D eigenvalue weighted by atomic mass is 9.97. The van der Waals surface area contributed by atoms with E-state index in [1.807, 2.05) is 0 Å². The number of aliphatic hydroxyl groups excluding tert-OH is 1. The van der Waals surface area contributed by atoms with Crippen LogP contribution in [0.5, 0.6) is 5.75 Å². The average molecular weight is 378 g/mol. The molecule has 2 rings (SSSR count). The highest BCUT2D eigenvalue weighted by molar-refractivity contribution is 9.10. The third kappa shape index (κ3) is 3.77. The molecule has 118 valence electrons. The van der Waals surface area contributed by atoms with Crippen LogP contribution in [0.15, 0.2) is 27.6 Å².